The van der Waals surface area contributed by atoms with E-state index in [0.29, 0.717) is 11.7 Å². The van der Waals surface area contributed by atoms with Gasteiger partial charge in [-0.1, -0.05) is 11.3 Å². The Balaban J connectivity index is 1.70. The molecule has 0 bridgehead atoms. The number of anilines is 1. The van der Waals surface area contributed by atoms with E-state index in [2.05, 4.69) is 25.9 Å². The number of hydrogen-bond donors (Lipinski definition) is 2. The Bertz CT molecular complexity index is 479. The standard InChI is InChI=1S/C9H12N6OS/c1-15-5-7(4-12-15)2-3-10-8(16)13-9-14-11-6-17-9/h4-6H,2-3H2,1H3,(H2,10,13,14,16). The summed E-state index contributed by atoms with van der Waals surface area (Å²) in [6.07, 6.45) is 4.45. The maximum atomic E-state index is 11.4. The fourth-order valence-corrected chi connectivity index (χ4v) is 1.73. The molecule has 17 heavy (non-hydrogen) atoms. The van der Waals surface area contributed by atoms with E-state index in [9.17, 15) is 4.79 Å². The summed E-state index contributed by atoms with van der Waals surface area (Å²) in [4.78, 5) is 11.4. The van der Waals surface area contributed by atoms with E-state index in [1.54, 1.807) is 16.4 Å². The van der Waals surface area contributed by atoms with Gasteiger partial charge in [0.15, 0.2) is 0 Å². The van der Waals surface area contributed by atoms with Crippen molar-refractivity contribution >= 4 is 22.5 Å². The van der Waals surface area contributed by atoms with Crippen molar-refractivity contribution in [3.63, 3.8) is 0 Å². The van der Waals surface area contributed by atoms with Gasteiger partial charge in [0.25, 0.3) is 0 Å². The first-order valence-electron chi connectivity index (χ1n) is 5.02. The summed E-state index contributed by atoms with van der Waals surface area (Å²) in [6, 6.07) is -0.273. The molecule has 0 atom stereocenters. The third kappa shape index (κ3) is 3.52. The number of urea groups is 1. The quantitative estimate of drug-likeness (QED) is 0.836. The lowest BCUT2D eigenvalue weighted by atomic mass is 10.2. The van der Waals surface area contributed by atoms with E-state index in [0.717, 1.165) is 12.0 Å². The first kappa shape index (κ1) is 11.5. The fourth-order valence-electron chi connectivity index (χ4n) is 1.29. The van der Waals surface area contributed by atoms with Crippen molar-refractivity contribution in [2.75, 3.05) is 11.9 Å². The summed E-state index contributed by atoms with van der Waals surface area (Å²) in [5.74, 6) is 0. The first-order chi connectivity index (χ1) is 8.24. The van der Waals surface area contributed by atoms with Crippen LogP contribution in [0.3, 0.4) is 0 Å². The van der Waals surface area contributed by atoms with Gasteiger partial charge in [-0.2, -0.15) is 5.10 Å². The van der Waals surface area contributed by atoms with Crippen molar-refractivity contribution in [1.29, 1.82) is 0 Å². The van der Waals surface area contributed by atoms with Crippen molar-refractivity contribution in [3.05, 3.63) is 23.5 Å². The molecule has 2 aromatic heterocycles. The van der Waals surface area contributed by atoms with Crippen molar-refractivity contribution < 1.29 is 4.79 Å². The van der Waals surface area contributed by atoms with Crippen LogP contribution in [-0.2, 0) is 13.5 Å². The molecule has 0 saturated carbocycles. The molecule has 7 nitrogen and oxygen atoms in total. The third-order valence-electron chi connectivity index (χ3n) is 2.04. The van der Waals surface area contributed by atoms with E-state index in [1.165, 1.54) is 11.3 Å². The van der Waals surface area contributed by atoms with Gasteiger partial charge in [0, 0.05) is 19.8 Å². The predicted molar refractivity (Wildman–Crippen MR) is 63.8 cm³/mol. The Kier molecular flexibility index (Phi) is 3.66. The van der Waals surface area contributed by atoms with Crippen molar-refractivity contribution in [3.8, 4) is 0 Å². The van der Waals surface area contributed by atoms with Crippen molar-refractivity contribution in [1.82, 2.24) is 25.3 Å². The molecule has 0 spiro atoms. The summed E-state index contributed by atoms with van der Waals surface area (Å²) >= 11 is 1.28. The second kappa shape index (κ2) is 5.39. The summed E-state index contributed by atoms with van der Waals surface area (Å²) in [6.45, 7) is 0.552. The lowest BCUT2D eigenvalue weighted by Crippen LogP contribution is -2.30. The smallest absolute Gasteiger partial charge is 0.321 e. The molecule has 2 amide bonds. The topological polar surface area (TPSA) is 84.7 Å². The van der Waals surface area contributed by atoms with Gasteiger partial charge in [0.05, 0.1) is 6.20 Å². The highest BCUT2D eigenvalue weighted by Gasteiger charge is 2.03. The Hall–Kier alpha value is -1.96. The third-order valence-corrected chi connectivity index (χ3v) is 2.64. The van der Waals surface area contributed by atoms with Crippen LogP contribution in [0, 0.1) is 0 Å². The van der Waals surface area contributed by atoms with Crippen LogP contribution in [-0.4, -0.2) is 32.6 Å². The maximum absolute atomic E-state index is 11.4. The molecule has 0 radical (unpaired) electrons. The number of hydrogen-bond acceptors (Lipinski definition) is 5. The Morgan fingerprint density at radius 2 is 2.47 bits per heavy atom. The molecular formula is C9H12N6OS. The zero-order valence-electron chi connectivity index (χ0n) is 9.25. The second-order valence-electron chi connectivity index (χ2n) is 3.40. The predicted octanol–water partition coefficient (Wildman–Crippen LogP) is 0.636. The molecule has 0 aliphatic carbocycles. The minimum absolute atomic E-state index is 0.273. The molecular weight excluding hydrogens is 240 g/mol. The highest BCUT2D eigenvalue weighted by Crippen LogP contribution is 2.06. The zero-order chi connectivity index (χ0) is 12.1. The normalized spacial score (nSPS) is 10.2. The largest absolute Gasteiger partial charge is 0.337 e. The lowest BCUT2D eigenvalue weighted by Gasteiger charge is -2.03. The van der Waals surface area contributed by atoms with Crippen LogP contribution < -0.4 is 10.6 Å². The van der Waals surface area contributed by atoms with Gasteiger partial charge >= 0.3 is 6.03 Å². The number of carbonyl (C=O) groups is 1. The van der Waals surface area contributed by atoms with Gasteiger partial charge in [0.1, 0.15) is 5.51 Å². The molecule has 8 heteroatoms. The molecule has 0 aromatic carbocycles. The van der Waals surface area contributed by atoms with Crippen LogP contribution >= 0.6 is 11.3 Å². The van der Waals surface area contributed by atoms with E-state index in [-0.39, 0.29) is 6.03 Å². The van der Waals surface area contributed by atoms with Gasteiger partial charge < -0.3 is 5.32 Å². The van der Waals surface area contributed by atoms with Gasteiger partial charge in [-0.15, -0.1) is 10.2 Å². The average molecular weight is 252 g/mol. The van der Waals surface area contributed by atoms with Crippen LogP contribution in [0.25, 0.3) is 0 Å². The minimum atomic E-state index is -0.273. The van der Waals surface area contributed by atoms with E-state index in [1.807, 2.05) is 13.2 Å². The van der Waals surface area contributed by atoms with Gasteiger partial charge in [-0.25, -0.2) is 4.79 Å². The molecule has 90 valence electrons. The summed E-state index contributed by atoms with van der Waals surface area (Å²) in [7, 11) is 1.86. The number of aromatic nitrogens is 4. The lowest BCUT2D eigenvalue weighted by molar-refractivity contribution is 0.252. The number of amides is 2. The second-order valence-corrected chi connectivity index (χ2v) is 4.23. The van der Waals surface area contributed by atoms with Crippen LogP contribution in [0.2, 0.25) is 0 Å². The molecule has 2 rings (SSSR count). The monoisotopic (exact) mass is 252 g/mol. The number of aryl methyl sites for hydroxylation is 1. The zero-order valence-corrected chi connectivity index (χ0v) is 10.1. The van der Waals surface area contributed by atoms with Crippen molar-refractivity contribution in [2.45, 2.75) is 6.42 Å². The van der Waals surface area contributed by atoms with Crippen LogP contribution in [0.15, 0.2) is 17.9 Å². The molecule has 2 aromatic rings. The number of nitrogens with one attached hydrogen (secondary N) is 2. The fraction of sp³-hybridized carbons (Fsp3) is 0.333. The van der Waals surface area contributed by atoms with E-state index >= 15 is 0 Å². The molecule has 0 unspecified atom stereocenters. The Morgan fingerprint density at radius 1 is 1.59 bits per heavy atom. The maximum Gasteiger partial charge on any atom is 0.321 e. The van der Waals surface area contributed by atoms with E-state index < -0.39 is 0 Å². The molecule has 2 N–H and O–H groups in total. The van der Waals surface area contributed by atoms with Gasteiger partial charge in [-0.3, -0.25) is 10.00 Å². The number of rotatable bonds is 4. The van der Waals surface area contributed by atoms with Crippen LogP contribution in [0.4, 0.5) is 9.93 Å². The van der Waals surface area contributed by atoms with Gasteiger partial charge in [-0.05, 0) is 12.0 Å². The summed E-state index contributed by atoms with van der Waals surface area (Å²) < 4.78 is 1.73. The van der Waals surface area contributed by atoms with Crippen molar-refractivity contribution in [2.24, 2.45) is 7.05 Å². The number of carbonyl (C=O) groups excluding carboxylic acids is 1. The Morgan fingerprint density at radius 3 is 3.12 bits per heavy atom. The number of nitrogens with zero attached hydrogens (tertiary/aromatic N) is 4. The Labute approximate surface area is 102 Å². The average Bonchev–Trinajstić information content (AvgIpc) is 2.90. The van der Waals surface area contributed by atoms with E-state index in [4.69, 9.17) is 0 Å². The molecule has 0 aliphatic heterocycles. The van der Waals surface area contributed by atoms with Crippen LogP contribution in [0.5, 0.6) is 0 Å². The summed E-state index contributed by atoms with van der Waals surface area (Å²) in [5, 5.41) is 17.2. The highest BCUT2D eigenvalue weighted by atomic mass is 32.1. The first-order valence-corrected chi connectivity index (χ1v) is 5.90. The molecule has 2 heterocycles. The SMILES string of the molecule is Cn1cc(CCNC(=O)Nc2nncs2)cn1. The molecule has 0 aliphatic rings. The van der Waals surface area contributed by atoms with Gasteiger partial charge in [0.2, 0.25) is 5.13 Å². The summed E-state index contributed by atoms with van der Waals surface area (Å²) in [5.41, 5.74) is 2.65. The minimum Gasteiger partial charge on any atom is -0.337 e. The highest BCUT2D eigenvalue weighted by molar-refractivity contribution is 7.13. The molecule has 0 fully saturated rings. The molecule has 0 saturated heterocycles. The van der Waals surface area contributed by atoms with Crippen LogP contribution in [0.1, 0.15) is 5.56 Å².